The summed E-state index contributed by atoms with van der Waals surface area (Å²) >= 11 is 0. The second-order valence-corrected chi connectivity index (χ2v) is 3.43. The molecule has 0 bridgehead atoms. The molecule has 1 rings (SSSR count). The van der Waals surface area contributed by atoms with Crippen LogP contribution in [0.5, 0.6) is 0 Å². The molecule has 0 heterocycles. The molecule has 0 aromatic heterocycles. The lowest BCUT2D eigenvalue weighted by molar-refractivity contribution is -0.143. The smallest absolute Gasteiger partial charge is 0.306 e. The number of nitrogens with two attached hydrogens (primary N) is 2. The first-order chi connectivity index (χ1) is 6.65. The summed E-state index contributed by atoms with van der Waals surface area (Å²) in [7, 11) is 0. The van der Waals surface area contributed by atoms with Gasteiger partial charge in [0.2, 0.25) is 6.41 Å². The van der Waals surface area contributed by atoms with Crippen LogP contribution >= 0.6 is 0 Å². The molecule has 5 nitrogen and oxygen atoms in total. The van der Waals surface area contributed by atoms with Gasteiger partial charge in [-0.05, 0) is 38.1 Å². The van der Waals surface area contributed by atoms with Crippen LogP contribution in [0.2, 0.25) is 0 Å². The van der Waals surface area contributed by atoms with E-state index in [1.54, 1.807) is 0 Å². The molecule has 1 amide bonds. The molecule has 0 aromatic rings. The monoisotopic (exact) mass is 202 g/mol. The van der Waals surface area contributed by atoms with Crippen LogP contribution in [0.1, 0.15) is 25.7 Å². The van der Waals surface area contributed by atoms with Crippen LogP contribution in [-0.4, -0.2) is 24.0 Å². The van der Waals surface area contributed by atoms with Crippen molar-refractivity contribution >= 4 is 12.4 Å². The Morgan fingerprint density at radius 3 is 2.07 bits per heavy atom. The molecule has 0 atom stereocenters. The van der Waals surface area contributed by atoms with Crippen LogP contribution in [0.3, 0.4) is 0 Å². The number of primary amides is 1. The van der Waals surface area contributed by atoms with Crippen molar-refractivity contribution in [3.63, 3.8) is 0 Å². The Bertz CT molecular complexity index is 177. The molecule has 5 heteroatoms. The van der Waals surface area contributed by atoms with E-state index in [4.69, 9.17) is 15.6 Å². The van der Waals surface area contributed by atoms with Crippen LogP contribution in [0.4, 0.5) is 0 Å². The van der Waals surface area contributed by atoms with Gasteiger partial charge in [0.15, 0.2) is 0 Å². The second-order valence-electron chi connectivity index (χ2n) is 3.43. The van der Waals surface area contributed by atoms with E-state index in [0.29, 0.717) is 12.5 Å². The van der Waals surface area contributed by atoms with Gasteiger partial charge in [-0.3, -0.25) is 9.59 Å². The van der Waals surface area contributed by atoms with Crippen LogP contribution in [0.15, 0.2) is 0 Å². The van der Waals surface area contributed by atoms with Crippen LogP contribution in [-0.2, 0) is 9.59 Å². The molecule has 1 aliphatic carbocycles. The molecule has 1 fully saturated rings. The fraction of sp³-hybridized carbons (Fsp3) is 0.778. The van der Waals surface area contributed by atoms with Crippen LogP contribution in [0, 0.1) is 11.8 Å². The van der Waals surface area contributed by atoms with Crippen molar-refractivity contribution < 1.29 is 14.7 Å². The third kappa shape index (κ3) is 4.81. The number of hydrogen-bond donors (Lipinski definition) is 3. The number of hydrogen-bond acceptors (Lipinski definition) is 3. The summed E-state index contributed by atoms with van der Waals surface area (Å²) in [5.41, 5.74) is 9.64. The van der Waals surface area contributed by atoms with Crippen molar-refractivity contribution in [1.82, 2.24) is 0 Å². The van der Waals surface area contributed by atoms with Crippen LogP contribution < -0.4 is 11.5 Å². The normalized spacial score (nSPS) is 25.8. The molecule has 0 aliphatic heterocycles. The molecule has 0 aromatic carbocycles. The minimum atomic E-state index is -0.638. The van der Waals surface area contributed by atoms with Gasteiger partial charge in [0, 0.05) is 0 Å². The maximum absolute atomic E-state index is 10.5. The summed E-state index contributed by atoms with van der Waals surface area (Å²) in [6, 6.07) is 0. The van der Waals surface area contributed by atoms with E-state index in [0.717, 1.165) is 25.7 Å². The first-order valence-corrected chi connectivity index (χ1v) is 4.73. The lowest BCUT2D eigenvalue weighted by atomic mass is 9.82. The summed E-state index contributed by atoms with van der Waals surface area (Å²) in [6.45, 7) is 0.715. The Balaban J connectivity index is 0.000000500. The zero-order chi connectivity index (χ0) is 11.0. The quantitative estimate of drug-likeness (QED) is 0.545. The third-order valence-corrected chi connectivity index (χ3v) is 2.53. The number of carboxylic acid groups (broad SMARTS) is 1. The third-order valence-electron chi connectivity index (χ3n) is 2.53. The molecule has 1 saturated carbocycles. The number of amides is 1. The topological polar surface area (TPSA) is 106 Å². The Morgan fingerprint density at radius 1 is 1.36 bits per heavy atom. The SMILES string of the molecule is NC=O.NCC1CCC(C(=O)O)CC1. The summed E-state index contributed by atoms with van der Waals surface area (Å²) in [5, 5.41) is 8.67. The highest BCUT2D eigenvalue weighted by Gasteiger charge is 2.24. The van der Waals surface area contributed by atoms with Gasteiger partial charge < -0.3 is 16.6 Å². The standard InChI is InChI=1S/C8H15NO2.CH3NO/c9-5-6-1-3-7(4-2-6)8(10)11;2-1-3/h6-7H,1-5,9H2,(H,10,11);1H,(H2,2,3). The Kier molecular flexibility index (Phi) is 6.74. The van der Waals surface area contributed by atoms with Crippen molar-refractivity contribution in [2.75, 3.05) is 6.54 Å². The van der Waals surface area contributed by atoms with Gasteiger partial charge >= 0.3 is 5.97 Å². The molecule has 0 radical (unpaired) electrons. The van der Waals surface area contributed by atoms with Gasteiger partial charge in [-0.15, -0.1) is 0 Å². The van der Waals surface area contributed by atoms with E-state index in [2.05, 4.69) is 5.73 Å². The summed E-state index contributed by atoms with van der Waals surface area (Å²) in [6.07, 6.45) is 3.87. The molecular formula is C9H18N2O3. The predicted octanol–water partition coefficient (Wildman–Crippen LogP) is -0.0624. The molecule has 82 valence electrons. The van der Waals surface area contributed by atoms with Gasteiger partial charge in [-0.1, -0.05) is 0 Å². The molecule has 14 heavy (non-hydrogen) atoms. The average Bonchev–Trinajstić information content (AvgIpc) is 2.19. The number of carbonyl (C=O) groups is 2. The van der Waals surface area contributed by atoms with Crippen molar-refractivity contribution in [3.05, 3.63) is 0 Å². The molecule has 0 saturated heterocycles. The van der Waals surface area contributed by atoms with Gasteiger partial charge in [0.1, 0.15) is 0 Å². The summed E-state index contributed by atoms with van der Waals surface area (Å²) in [5.74, 6) is -0.163. The fourth-order valence-corrected chi connectivity index (χ4v) is 1.65. The van der Waals surface area contributed by atoms with E-state index in [9.17, 15) is 4.79 Å². The minimum Gasteiger partial charge on any atom is -0.481 e. The fourth-order valence-electron chi connectivity index (χ4n) is 1.65. The zero-order valence-electron chi connectivity index (χ0n) is 8.19. The Morgan fingerprint density at radius 2 is 1.79 bits per heavy atom. The minimum absolute atomic E-state index is 0.0993. The predicted molar refractivity (Wildman–Crippen MR) is 52.4 cm³/mol. The van der Waals surface area contributed by atoms with Crippen molar-refractivity contribution in [2.45, 2.75) is 25.7 Å². The largest absolute Gasteiger partial charge is 0.481 e. The number of rotatable bonds is 2. The molecular weight excluding hydrogens is 184 g/mol. The average molecular weight is 202 g/mol. The van der Waals surface area contributed by atoms with Crippen molar-refractivity contribution in [1.29, 1.82) is 0 Å². The van der Waals surface area contributed by atoms with E-state index < -0.39 is 5.97 Å². The van der Waals surface area contributed by atoms with E-state index in [1.807, 2.05) is 0 Å². The van der Waals surface area contributed by atoms with Gasteiger partial charge in [-0.25, -0.2) is 0 Å². The number of aliphatic carboxylic acids is 1. The second kappa shape index (κ2) is 7.32. The summed E-state index contributed by atoms with van der Waals surface area (Å²) < 4.78 is 0. The number of carbonyl (C=O) groups excluding carboxylic acids is 1. The van der Waals surface area contributed by atoms with E-state index >= 15 is 0 Å². The van der Waals surface area contributed by atoms with Crippen LogP contribution in [0.25, 0.3) is 0 Å². The molecule has 1 aliphatic rings. The Hall–Kier alpha value is -1.10. The first-order valence-electron chi connectivity index (χ1n) is 4.73. The van der Waals surface area contributed by atoms with E-state index in [1.165, 1.54) is 0 Å². The van der Waals surface area contributed by atoms with Gasteiger partial charge in [0.25, 0.3) is 0 Å². The zero-order valence-corrected chi connectivity index (χ0v) is 8.19. The Labute approximate surface area is 83.5 Å². The highest BCUT2D eigenvalue weighted by atomic mass is 16.4. The maximum atomic E-state index is 10.5. The highest BCUT2D eigenvalue weighted by molar-refractivity contribution is 5.69. The molecule has 5 N–H and O–H groups in total. The first kappa shape index (κ1) is 12.9. The number of carboxylic acids is 1. The van der Waals surface area contributed by atoms with Gasteiger partial charge in [-0.2, -0.15) is 0 Å². The lowest BCUT2D eigenvalue weighted by Gasteiger charge is -2.24. The molecule has 0 unspecified atom stereocenters. The van der Waals surface area contributed by atoms with E-state index in [-0.39, 0.29) is 12.3 Å². The lowest BCUT2D eigenvalue weighted by Crippen LogP contribution is -2.25. The summed E-state index contributed by atoms with van der Waals surface area (Å²) in [4.78, 5) is 19.1. The maximum Gasteiger partial charge on any atom is 0.306 e. The van der Waals surface area contributed by atoms with Gasteiger partial charge in [0.05, 0.1) is 5.92 Å². The van der Waals surface area contributed by atoms with Crippen molar-refractivity contribution in [2.24, 2.45) is 23.3 Å². The molecule has 0 spiro atoms. The van der Waals surface area contributed by atoms with Crippen molar-refractivity contribution in [3.8, 4) is 0 Å². The highest BCUT2D eigenvalue weighted by Crippen LogP contribution is 2.27.